The summed E-state index contributed by atoms with van der Waals surface area (Å²) in [7, 11) is 0. The predicted molar refractivity (Wildman–Crippen MR) is 98.1 cm³/mol. The summed E-state index contributed by atoms with van der Waals surface area (Å²) in [5.41, 5.74) is 2.91. The van der Waals surface area contributed by atoms with E-state index in [2.05, 4.69) is 20.4 Å². The number of rotatable bonds is 4. The molecule has 0 spiro atoms. The third-order valence-corrected chi connectivity index (χ3v) is 4.00. The number of hydrogen-bond acceptors (Lipinski definition) is 5. The second-order valence-electron chi connectivity index (χ2n) is 5.82. The number of pyridine rings is 2. The number of aromatic nitrogens is 4. The molecule has 0 fully saturated rings. The molecule has 0 aliphatic rings. The van der Waals surface area contributed by atoms with Gasteiger partial charge in [0.15, 0.2) is 5.65 Å². The van der Waals surface area contributed by atoms with Gasteiger partial charge >= 0.3 is 5.97 Å². The average molecular weight is 345 g/mol. The molecule has 0 bridgehead atoms. The van der Waals surface area contributed by atoms with Gasteiger partial charge in [-0.2, -0.15) is 5.10 Å². The number of anilines is 2. The summed E-state index contributed by atoms with van der Waals surface area (Å²) in [6.45, 7) is 1.94. The first-order chi connectivity index (χ1) is 12.6. The lowest BCUT2D eigenvalue weighted by Gasteiger charge is -2.11. The van der Waals surface area contributed by atoms with E-state index in [1.807, 2.05) is 49.4 Å². The summed E-state index contributed by atoms with van der Waals surface area (Å²) >= 11 is 0. The molecule has 26 heavy (non-hydrogen) atoms. The van der Waals surface area contributed by atoms with Crippen molar-refractivity contribution in [3.05, 3.63) is 72.2 Å². The van der Waals surface area contributed by atoms with Crippen molar-refractivity contribution in [1.29, 1.82) is 0 Å². The van der Waals surface area contributed by atoms with Gasteiger partial charge in [0.1, 0.15) is 11.4 Å². The molecule has 1 aromatic carbocycles. The number of carbonyl (C=O) groups is 1. The highest BCUT2D eigenvalue weighted by Gasteiger charge is 2.18. The molecule has 0 saturated carbocycles. The van der Waals surface area contributed by atoms with Crippen molar-refractivity contribution < 1.29 is 9.90 Å². The van der Waals surface area contributed by atoms with E-state index in [1.54, 1.807) is 17.1 Å². The Labute approximate surface area is 149 Å². The van der Waals surface area contributed by atoms with Crippen molar-refractivity contribution in [3.8, 4) is 5.69 Å². The molecule has 128 valence electrons. The molecule has 2 N–H and O–H groups in total. The Balaban J connectivity index is 1.90. The summed E-state index contributed by atoms with van der Waals surface area (Å²) in [6, 6.07) is 13.3. The Bertz CT molecular complexity index is 1110. The highest BCUT2D eigenvalue weighted by molar-refractivity contribution is 6.04. The standard InChI is InChI=1S/C19H15N5O2/c1-12-7-8-20-16(9-12)23-17-14-11-22-24(13-5-3-2-4-6-13)18(14)21-10-15(17)19(25)26/h2-11H,1H3,(H,25,26)(H,20,21,23). The van der Waals surface area contributed by atoms with Crippen molar-refractivity contribution in [3.63, 3.8) is 0 Å². The Morgan fingerprint density at radius 2 is 1.92 bits per heavy atom. The van der Waals surface area contributed by atoms with Crippen molar-refractivity contribution in [1.82, 2.24) is 19.7 Å². The fraction of sp³-hybridized carbons (Fsp3) is 0.0526. The quantitative estimate of drug-likeness (QED) is 0.587. The molecule has 4 rings (SSSR count). The smallest absolute Gasteiger partial charge is 0.339 e. The molecular formula is C19H15N5O2. The van der Waals surface area contributed by atoms with Crippen molar-refractivity contribution in [2.24, 2.45) is 0 Å². The van der Waals surface area contributed by atoms with Crippen molar-refractivity contribution in [2.75, 3.05) is 5.32 Å². The first kappa shape index (κ1) is 15.8. The lowest BCUT2D eigenvalue weighted by Crippen LogP contribution is -2.06. The lowest BCUT2D eigenvalue weighted by atomic mass is 10.1. The van der Waals surface area contributed by atoms with Crippen LogP contribution in [0.3, 0.4) is 0 Å². The molecule has 0 unspecified atom stereocenters. The van der Waals surface area contributed by atoms with Crippen LogP contribution in [-0.2, 0) is 0 Å². The number of nitrogens with zero attached hydrogens (tertiary/aromatic N) is 4. The molecule has 3 heterocycles. The molecular weight excluding hydrogens is 330 g/mol. The average Bonchev–Trinajstić information content (AvgIpc) is 3.07. The Kier molecular flexibility index (Phi) is 3.81. The molecule has 0 amide bonds. The SMILES string of the molecule is Cc1ccnc(Nc2c(C(=O)O)cnc3c2cnn3-c2ccccc2)c1. The largest absolute Gasteiger partial charge is 0.478 e. The zero-order chi connectivity index (χ0) is 18.1. The minimum Gasteiger partial charge on any atom is -0.478 e. The normalized spacial score (nSPS) is 10.8. The number of aryl methyl sites for hydroxylation is 1. The number of carboxylic acids is 1. The molecule has 7 heteroatoms. The predicted octanol–water partition coefficient (Wildman–Crippen LogP) is 3.57. The molecule has 0 aliphatic heterocycles. The van der Waals surface area contributed by atoms with Crippen LogP contribution in [-0.4, -0.2) is 30.8 Å². The van der Waals surface area contributed by atoms with Crippen LogP contribution in [0.2, 0.25) is 0 Å². The van der Waals surface area contributed by atoms with Crippen LogP contribution in [0.4, 0.5) is 11.5 Å². The topological polar surface area (TPSA) is 92.9 Å². The lowest BCUT2D eigenvalue weighted by molar-refractivity contribution is 0.0697. The molecule has 0 radical (unpaired) electrons. The molecule has 0 saturated heterocycles. The van der Waals surface area contributed by atoms with Gasteiger partial charge in [-0.1, -0.05) is 18.2 Å². The first-order valence-corrected chi connectivity index (χ1v) is 7.98. The highest BCUT2D eigenvalue weighted by Crippen LogP contribution is 2.29. The summed E-state index contributed by atoms with van der Waals surface area (Å²) < 4.78 is 1.68. The van der Waals surface area contributed by atoms with Gasteiger partial charge in [0, 0.05) is 12.4 Å². The molecule has 4 aromatic rings. The van der Waals surface area contributed by atoms with Crippen LogP contribution in [0.25, 0.3) is 16.7 Å². The molecule has 0 atom stereocenters. The summed E-state index contributed by atoms with van der Waals surface area (Å²) in [5, 5.41) is 17.7. The van der Waals surface area contributed by atoms with E-state index < -0.39 is 5.97 Å². The van der Waals surface area contributed by atoms with Crippen LogP contribution in [0.5, 0.6) is 0 Å². The molecule has 0 aliphatic carbocycles. The maximum atomic E-state index is 11.7. The van der Waals surface area contributed by atoms with Crippen LogP contribution >= 0.6 is 0 Å². The number of aromatic carboxylic acids is 1. The van der Waals surface area contributed by atoms with E-state index >= 15 is 0 Å². The highest BCUT2D eigenvalue weighted by atomic mass is 16.4. The Hall–Kier alpha value is -3.74. The fourth-order valence-corrected chi connectivity index (χ4v) is 2.77. The van der Waals surface area contributed by atoms with Gasteiger partial charge in [-0.15, -0.1) is 0 Å². The van der Waals surface area contributed by atoms with E-state index in [0.29, 0.717) is 22.5 Å². The van der Waals surface area contributed by atoms with Gasteiger partial charge in [0.25, 0.3) is 0 Å². The second-order valence-corrected chi connectivity index (χ2v) is 5.82. The van der Waals surface area contributed by atoms with Crippen molar-refractivity contribution >= 4 is 28.5 Å². The van der Waals surface area contributed by atoms with Crippen molar-refractivity contribution in [2.45, 2.75) is 6.92 Å². The van der Waals surface area contributed by atoms with E-state index in [1.165, 1.54) is 6.20 Å². The number of benzene rings is 1. The van der Waals surface area contributed by atoms with Gasteiger partial charge < -0.3 is 10.4 Å². The zero-order valence-electron chi connectivity index (χ0n) is 13.9. The van der Waals surface area contributed by atoms with Gasteiger partial charge in [0.05, 0.1) is 23.0 Å². The molecule has 3 aromatic heterocycles. The maximum absolute atomic E-state index is 11.7. The summed E-state index contributed by atoms with van der Waals surface area (Å²) in [6.07, 6.45) is 4.62. The van der Waals surface area contributed by atoms with Crippen LogP contribution in [0, 0.1) is 6.92 Å². The first-order valence-electron chi connectivity index (χ1n) is 7.98. The third kappa shape index (κ3) is 2.75. The number of nitrogens with one attached hydrogen (secondary N) is 1. The number of fused-ring (bicyclic) bond motifs is 1. The summed E-state index contributed by atoms with van der Waals surface area (Å²) in [5.74, 6) is -0.505. The van der Waals surface area contributed by atoms with E-state index in [0.717, 1.165) is 11.3 Å². The van der Waals surface area contributed by atoms with Gasteiger partial charge in [-0.05, 0) is 36.8 Å². The van der Waals surface area contributed by atoms with Crippen LogP contribution < -0.4 is 5.32 Å². The van der Waals surface area contributed by atoms with E-state index in [-0.39, 0.29) is 5.56 Å². The van der Waals surface area contributed by atoms with Gasteiger partial charge in [-0.25, -0.2) is 19.4 Å². The minimum atomic E-state index is -1.07. The fourth-order valence-electron chi connectivity index (χ4n) is 2.77. The number of para-hydroxylation sites is 1. The van der Waals surface area contributed by atoms with Crippen LogP contribution in [0.1, 0.15) is 15.9 Å². The van der Waals surface area contributed by atoms with Gasteiger partial charge in [-0.3, -0.25) is 0 Å². The number of hydrogen-bond donors (Lipinski definition) is 2. The van der Waals surface area contributed by atoms with Crippen LogP contribution in [0.15, 0.2) is 61.1 Å². The van der Waals surface area contributed by atoms with Gasteiger partial charge in [0.2, 0.25) is 0 Å². The zero-order valence-corrected chi connectivity index (χ0v) is 13.9. The minimum absolute atomic E-state index is 0.0633. The van der Waals surface area contributed by atoms with E-state index in [9.17, 15) is 9.90 Å². The summed E-state index contributed by atoms with van der Waals surface area (Å²) in [4.78, 5) is 20.2. The van der Waals surface area contributed by atoms with E-state index in [4.69, 9.17) is 0 Å². The monoisotopic (exact) mass is 345 g/mol. The third-order valence-electron chi connectivity index (χ3n) is 4.00. The Morgan fingerprint density at radius 1 is 1.12 bits per heavy atom. The number of carboxylic acid groups (broad SMARTS) is 1. The maximum Gasteiger partial charge on any atom is 0.339 e. The second kappa shape index (κ2) is 6.29. The Morgan fingerprint density at radius 3 is 2.65 bits per heavy atom. The molecule has 7 nitrogen and oxygen atoms in total.